The molecule has 3 heteroatoms. The minimum absolute atomic E-state index is 0.484. The van der Waals surface area contributed by atoms with Gasteiger partial charge in [0.25, 0.3) is 0 Å². The molecule has 1 aliphatic rings. The van der Waals surface area contributed by atoms with E-state index in [0.29, 0.717) is 12.0 Å². The molecule has 2 rings (SSSR count). The average molecular weight is 290 g/mol. The van der Waals surface area contributed by atoms with E-state index in [-0.39, 0.29) is 0 Å². The molecule has 1 aromatic carbocycles. The maximum atomic E-state index is 5.37. The Kier molecular flexibility index (Phi) is 7.20. The van der Waals surface area contributed by atoms with Gasteiger partial charge in [-0.15, -0.1) is 0 Å². The van der Waals surface area contributed by atoms with Gasteiger partial charge in [0.1, 0.15) is 0 Å². The Morgan fingerprint density at radius 3 is 2.86 bits per heavy atom. The number of hydrogen-bond acceptors (Lipinski definition) is 3. The zero-order chi connectivity index (χ0) is 14.9. The molecular formula is C18H30N2O. The number of nitrogens with one attached hydrogen (secondary N) is 1. The first kappa shape index (κ1) is 16.5. The maximum absolute atomic E-state index is 5.37. The van der Waals surface area contributed by atoms with Crippen molar-refractivity contribution < 1.29 is 4.74 Å². The lowest BCUT2D eigenvalue weighted by atomic mass is 9.95. The van der Waals surface area contributed by atoms with Gasteiger partial charge in [0.05, 0.1) is 6.61 Å². The summed E-state index contributed by atoms with van der Waals surface area (Å²) in [5.41, 5.74) is 1.43. The topological polar surface area (TPSA) is 24.5 Å². The lowest BCUT2D eigenvalue weighted by Crippen LogP contribution is -2.43. The first-order chi connectivity index (χ1) is 10.3. The zero-order valence-corrected chi connectivity index (χ0v) is 13.6. The van der Waals surface area contributed by atoms with Crippen molar-refractivity contribution in [2.24, 2.45) is 5.92 Å². The molecular weight excluding hydrogens is 260 g/mol. The fourth-order valence-electron chi connectivity index (χ4n) is 3.30. The SMILES string of the molecule is CCCNCC(c1ccccc1)N1CCCC(COC)C1. The molecule has 1 saturated heterocycles. The Morgan fingerprint density at radius 2 is 2.14 bits per heavy atom. The molecule has 0 aromatic heterocycles. The van der Waals surface area contributed by atoms with Crippen LogP contribution >= 0.6 is 0 Å². The number of rotatable bonds is 8. The third-order valence-corrected chi connectivity index (χ3v) is 4.34. The molecule has 1 aromatic rings. The minimum atomic E-state index is 0.484. The van der Waals surface area contributed by atoms with Crippen LogP contribution in [0.1, 0.15) is 37.8 Å². The molecule has 1 fully saturated rings. The van der Waals surface area contributed by atoms with E-state index >= 15 is 0 Å². The molecule has 21 heavy (non-hydrogen) atoms. The molecule has 1 N–H and O–H groups in total. The average Bonchev–Trinajstić information content (AvgIpc) is 2.53. The molecule has 3 nitrogen and oxygen atoms in total. The number of nitrogens with zero attached hydrogens (tertiary/aromatic N) is 1. The Balaban J connectivity index is 2.03. The standard InChI is InChI=1S/C18H30N2O/c1-3-11-19-13-18(17-9-5-4-6-10-17)20-12-7-8-16(14-20)15-21-2/h4-6,9-10,16,18-19H,3,7-8,11-15H2,1-2H3. The van der Waals surface area contributed by atoms with Crippen LogP contribution < -0.4 is 5.32 Å². The second-order valence-corrected chi connectivity index (χ2v) is 6.09. The van der Waals surface area contributed by atoms with Crippen LogP contribution in [0.15, 0.2) is 30.3 Å². The molecule has 0 amide bonds. The molecule has 1 heterocycles. The van der Waals surface area contributed by atoms with Crippen molar-refractivity contribution in [1.82, 2.24) is 10.2 Å². The Morgan fingerprint density at radius 1 is 1.33 bits per heavy atom. The van der Waals surface area contributed by atoms with Gasteiger partial charge >= 0.3 is 0 Å². The normalized spacial score (nSPS) is 21.3. The fourth-order valence-corrected chi connectivity index (χ4v) is 3.30. The highest BCUT2D eigenvalue weighted by Gasteiger charge is 2.26. The summed E-state index contributed by atoms with van der Waals surface area (Å²) in [6, 6.07) is 11.4. The van der Waals surface area contributed by atoms with E-state index in [2.05, 4.69) is 47.5 Å². The van der Waals surface area contributed by atoms with Crippen molar-refractivity contribution in [3.05, 3.63) is 35.9 Å². The number of likely N-dealkylation sites (tertiary alicyclic amines) is 1. The maximum Gasteiger partial charge on any atom is 0.0502 e. The molecule has 1 aliphatic heterocycles. The van der Waals surface area contributed by atoms with Gasteiger partial charge in [-0.2, -0.15) is 0 Å². The Hall–Kier alpha value is -0.900. The summed E-state index contributed by atoms with van der Waals surface area (Å²) in [4.78, 5) is 2.64. The second-order valence-electron chi connectivity index (χ2n) is 6.09. The van der Waals surface area contributed by atoms with Crippen molar-refractivity contribution >= 4 is 0 Å². The van der Waals surface area contributed by atoms with Gasteiger partial charge in [0.15, 0.2) is 0 Å². The van der Waals surface area contributed by atoms with E-state index in [9.17, 15) is 0 Å². The number of piperidine rings is 1. The monoisotopic (exact) mass is 290 g/mol. The van der Waals surface area contributed by atoms with Crippen molar-refractivity contribution in [3.8, 4) is 0 Å². The lowest BCUT2D eigenvalue weighted by Gasteiger charge is -2.38. The molecule has 0 bridgehead atoms. The summed E-state index contributed by atoms with van der Waals surface area (Å²) in [7, 11) is 1.82. The van der Waals surface area contributed by atoms with Gasteiger partial charge in [0.2, 0.25) is 0 Å². The number of hydrogen-bond donors (Lipinski definition) is 1. The second kappa shape index (κ2) is 9.19. The van der Waals surface area contributed by atoms with Crippen molar-refractivity contribution in [3.63, 3.8) is 0 Å². The van der Waals surface area contributed by atoms with Gasteiger partial charge in [-0.25, -0.2) is 0 Å². The van der Waals surface area contributed by atoms with E-state index < -0.39 is 0 Å². The summed E-state index contributed by atoms with van der Waals surface area (Å²) in [5, 5.41) is 3.60. The highest BCUT2D eigenvalue weighted by atomic mass is 16.5. The summed E-state index contributed by atoms with van der Waals surface area (Å²) < 4.78 is 5.37. The molecule has 0 saturated carbocycles. The Bertz CT molecular complexity index is 380. The molecule has 2 unspecified atom stereocenters. The molecule has 0 radical (unpaired) electrons. The largest absolute Gasteiger partial charge is 0.384 e. The van der Waals surface area contributed by atoms with Crippen LogP contribution in [0.25, 0.3) is 0 Å². The predicted octanol–water partition coefficient (Wildman–Crippen LogP) is 3.09. The first-order valence-corrected chi connectivity index (χ1v) is 8.33. The summed E-state index contributed by atoms with van der Waals surface area (Å²) >= 11 is 0. The van der Waals surface area contributed by atoms with Gasteiger partial charge in [0, 0.05) is 26.2 Å². The quantitative estimate of drug-likeness (QED) is 0.745. The van der Waals surface area contributed by atoms with Crippen LogP contribution in [-0.2, 0) is 4.74 Å². The molecule has 0 spiro atoms. The van der Waals surface area contributed by atoms with Crippen LogP contribution in [0.5, 0.6) is 0 Å². The summed E-state index contributed by atoms with van der Waals surface area (Å²) in [5.74, 6) is 0.682. The van der Waals surface area contributed by atoms with E-state index in [1.54, 1.807) is 0 Å². The molecule has 118 valence electrons. The zero-order valence-electron chi connectivity index (χ0n) is 13.6. The summed E-state index contributed by atoms with van der Waals surface area (Å²) in [6.07, 6.45) is 3.77. The van der Waals surface area contributed by atoms with Crippen LogP contribution in [-0.4, -0.2) is 44.8 Å². The smallest absolute Gasteiger partial charge is 0.0502 e. The number of methoxy groups -OCH3 is 1. The van der Waals surface area contributed by atoms with Crippen LogP contribution in [0, 0.1) is 5.92 Å². The van der Waals surface area contributed by atoms with Crippen LogP contribution in [0.3, 0.4) is 0 Å². The highest BCUT2D eigenvalue weighted by Crippen LogP contribution is 2.26. The highest BCUT2D eigenvalue weighted by molar-refractivity contribution is 5.19. The molecule has 0 aliphatic carbocycles. The van der Waals surface area contributed by atoms with Gasteiger partial charge in [-0.3, -0.25) is 4.90 Å². The lowest BCUT2D eigenvalue weighted by molar-refractivity contribution is 0.0675. The third-order valence-electron chi connectivity index (χ3n) is 4.34. The van der Waals surface area contributed by atoms with Gasteiger partial charge in [-0.1, -0.05) is 37.3 Å². The van der Waals surface area contributed by atoms with E-state index in [4.69, 9.17) is 4.74 Å². The first-order valence-electron chi connectivity index (χ1n) is 8.33. The van der Waals surface area contributed by atoms with Crippen molar-refractivity contribution in [2.45, 2.75) is 32.2 Å². The van der Waals surface area contributed by atoms with E-state index in [0.717, 1.165) is 26.2 Å². The van der Waals surface area contributed by atoms with E-state index in [1.165, 1.54) is 31.4 Å². The fraction of sp³-hybridized carbons (Fsp3) is 0.667. The van der Waals surface area contributed by atoms with Crippen molar-refractivity contribution in [2.75, 3.05) is 39.9 Å². The number of ether oxygens (including phenoxy) is 1. The molecule has 2 atom stereocenters. The van der Waals surface area contributed by atoms with Gasteiger partial charge in [-0.05, 0) is 43.8 Å². The predicted molar refractivity (Wildman–Crippen MR) is 88.5 cm³/mol. The van der Waals surface area contributed by atoms with Gasteiger partial charge < -0.3 is 10.1 Å². The van der Waals surface area contributed by atoms with Crippen molar-refractivity contribution in [1.29, 1.82) is 0 Å². The Labute approximate surface area is 129 Å². The third kappa shape index (κ3) is 5.10. The van der Waals surface area contributed by atoms with Crippen LogP contribution in [0.4, 0.5) is 0 Å². The minimum Gasteiger partial charge on any atom is -0.384 e. The summed E-state index contributed by atoms with van der Waals surface area (Å²) in [6.45, 7) is 7.60. The van der Waals surface area contributed by atoms with Crippen LogP contribution in [0.2, 0.25) is 0 Å². The number of benzene rings is 1. The van der Waals surface area contributed by atoms with E-state index in [1.807, 2.05) is 7.11 Å².